The number of aryl methyl sites for hydroxylation is 1. The third-order valence-electron chi connectivity index (χ3n) is 3.53. The molecule has 0 bridgehead atoms. The molecule has 0 radical (unpaired) electrons. The molecule has 0 fully saturated rings. The minimum absolute atomic E-state index is 0.0249. The van der Waals surface area contributed by atoms with Gasteiger partial charge in [0.05, 0.1) is 0 Å². The Labute approximate surface area is 140 Å². The Morgan fingerprint density at radius 3 is 2.39 bits per heavy atom. The highest BCUT2D eigenvalue weighted by atomic mass is 31.2. The molecular weight excluding hydrogens is 311 g/mol. The van der Waals surface area contributed by atoms with Gasteiger partial charge in [-0.1, -0.05) is 51.1 Å². The van der Waals surface area contributed by atoms with Gasteiger partial charge in [-0.05, 0) is 24.8 Å². The van der Waals surface area contributed by atoms with Gasteiger partial charge in [0.2, 0.25) is 13.7 Å². The summed E-state index contributed by atoms with van der Waals surface area (Å²) in [6.45, 7) is 7.14. The molecule has 0 N–H and O–H groups in total. The number of esters is 1. The van der Waals surface area contributed by atoms with Gasteiger partial charge in [0, 0.05) is 25.2 Å². The molecule has 0 aliphatic carbocycles. The van der Waals surface area contributed by atoms with Gasteiger partial charge in [-0.25, -0.2) is 0 Å². The van der Waals surface area contributed by atoms with E-state index >= 15 is 0 Å². The van der Waals surface area contributed by atoms with Crippen molar-refractivity contribution >= 4 is 13.3 Å². The van der Waals surface area contributed by atoms with Crippen LogP contribution in [0.1, 0.15) is 45.6 Å². The maximum atomic E-state index is 12.6. The molecule has 0 aliphatic rings. The van der Waals surface area contributed by atoms with Crippen LogP contribution in [0, 0.1) is 5.92 Å². The van der Waals surface area contributed by atoms with E-state index in [1.807, 2.05) is 32.0 Å². The summed E-state index contributed by atoms with van der Waals surface area (Å²) in [5.74, 6) is -0.351. The Morgan fingerprint density at radius 1 is 1.17 bits per heavy atom. The summed E-state index contributed by atoms with van der Waals surface area (Å²) in [7, 11) is -2.77. The number of hydrogen-bond donors (Lipinski definition) is 0. The molecule has 1 aromatic carbocycles. The van der Waals surface area contributed by atoms with E-state index in [0.717, 1.165) is 19.3 Å². The van der Waals surface area contributed by atoms with E-state index in [9.17, 15) is 9.36 Å². The Kier molecular flexibility index (Phi) is 8.57. The second-order valence-corrected chi connectivity index (χ2v) is 8.93. The molecule has 23 heavy (non-hydrogen) atoms. The average Bonchev–Trinajstić information content (AvgIpc) is 2.51. The third-order valence-corrected chi connectivity index (χ3v) is 5.31. The van der Waals surface area contributed by atoms with Crippen LogP contribution in [0.25, 0.3) is 0 Å². The molecular formula is C18H29O4P. The highest BCUT2D eigenvalue weighted by Gasteiger charge is 2.26. The van der Waals surface area contributed by atoms with Crippen molar-refractivity contribution in [2.24, 2.45) is 5.92 Å². The predicted molar refractivity (Wildman–Crippen MR) is 93.9 cm³/mol. The van der Waals surface area contributed by atoms with E-state index in [1.165, 1.54) is 5.56 Å². The molecule has 130 valence electrons. The second kappa shape index (κ2) is 9.89. The molecule has 0 spiro atoms. The zero-order valence-corrected chi connectivity index (χ0v) is 15.6. The summed E-state index contributed by atoms with van der Waals surface area (Å²) in [4.78, 5) is 11.4. The molecule has 0 heterocycles. The standard InChI is InChI=1S/C18H29O4P/c1-5-17(19)21-18(15(2)3)22-23(4,20)14-10-9-13-16-11-7-6-8-12-16/h6-8,11-12,15,18H,5,9-10,13-14H2,1-4H3. The van der Waals surface area contributed by atoms with Gasteiger partial charge in [0.15, 0.2) is 0 Å². The fourth-order valence-corrected chi connectivity index (χ4v) is 3.77. The number of unbranched alkanes of at least 4 members (excludes halogenated alkanes) is 1. The summed E-state index contributed by atoms with van der Waals surface area (Å²) in [5, 5.41) is 0. The van der Waals surface area contributed by atoms with Gasteiger partial charge in [-0.15, -0.1) is 0 Å². The number of ether oxygens (including phenoxy) is 1. The van der Waals surface area contributed by atoms with Crippen LogP contribution in [0.3, 0.4) is 0 Å². The van der Waals surface area contributed by atoms with Crippen LogP contribution in [0.5, 0.6) is 0 Å². The molecule has 1 rings (SSSR count). The maximum Gasteiger partial charge on any atom is 0.307 e. The molecule has 0 amide bonds. The van der Waals surface area contributed by atoms with Crippen LogP contribution >= 0.6 is 7.37 Å². The minimum atomic E-state index is -2.77. The zero-order valence-electron chi connectivity index (χ0n) is 14.7. The van der Waals surface area contributed by atoms with Gasteiger partial charge in [0.25, 0.3) is 0 Å². The quantitative estimate of drug-likeness (QED) is 0.264. The Hall–Kier alpha value is -1.12. The van der Waals surface area contributed by atoms with Crippen LogP contribution in [0.2, 0.25) is 0 Å². The fourth-order valence-electron chi connectivity index (χ4n) is 2.14. The summed E-state index contributed by atoms with van der Waals surface area (Å²) in [5.41, 5.74) is 1.29. The van der Waals surface area contributed by atoms with Crippen molar-refractivity contribution in [2.75, 3.05) is 12.8 Å². The highest BCUT2D eigenvalue weighted by molar-refractivity contribution is 7.58. The van der Waals surface area contributed by atoms with Gasteiger partial charge in [-0.2, -0.15) is 0 Å². The number of carbonyl (C=O) groups excluding carboxylic acids is 1. The summed E-state index contributed by atoms with van der Waals surface area (Å²) >= 11 is 0. The SMILES string of the molecule is CCC(=O)OC(OP(C)(=O)CCCCc1ccccc1)C(C)C. The summed E-state index contributed by atoms with van der Waals surface area (Å²) in [6, 6.07) is 10.3. The monoisotopic (exact) mass is 340 g/mol. The molecule has 2 atom stereocenters. The first-order chi connectivity index (χ1) is 10.8. The van der Waals surface area contributed by atoms with E-state index in [-0.39, 0.29) is 18.3 Å². The largest absolute Gasteiger partial charge is 0.435 e. The second-order valence-electron chi connectivity index (χ2n) is 6.24. The van der Waals surface area contributed by atoms with Crippen molar-refractivity contribution in [2.45, 2.75) is 52.7 Å². The van der Waals surface area contributed by atoms with Gasteiger partial charge in [-0.3, -0.25) is 13.9 Å². The number of rotatable bonds is 10. The van der Waals surface area contributed by atoms with Gasteiger partial charge < -0.3 is 4.74 Å². The first-order valence-electron chi connectivity index (χ1n) is 8.32. The van der Waals surface area contributed by atoms with Crippen molar-refractivity contribution in [3.05, 3.63) is 35.9 Å². The first kappa shape index (κ1) is 19.9. The summed E-state index contributed by atoms with van der Waals surface area (Å²) < 4.78 is 23.5. The lowest BCUT2D eigenvalue weighted by Gasteiger charge is -2.25. The van der Waals surface area contributed by atoms with Crippen LogP contribution in [0.4, 0.5) is 0 Å². The zero-order chi connectivity index (χ0) is 17.3. The van der Waals surface area contributed by atoms with E-state index in [2.05, 4.69) is 12.1 Å². The third kappa shape index (κ3) is 8.34. The Balaban J connectivity index is 2.41. The number of carbonyl (C=O) groups is 1. The fraction of sp³-hybridized carbons (Fsp3) is 0.611. The smallest absolute Gasteiger partial charge is 0.307 e. The molecule has 1 aromatic rings. The van der Waals surface area contributed by atoms with E-state index in [1.54, 1.807) is 13.6 Å². The number of benzene rings is 1. The topological polar surface area (TPSA) is 52.6 Å². The van der Waals surface area contributed by atoms with Crippen molar-refractivity contribution < 1.29 is 18.6 Å². The Bertz CT molecular complexity index is 513. The highest BCUT2D eigenvalue weighted by Crippen LogP contribution is 2.46. The lowest BCUT2D eigenvalue weighted by molar-refractivity contribution is -0.168. The first-order valence-corrected chi connectivity index (χ1v) is 10.6. The van der Waals surface area contributed by atoms with E-state index < -0.39 is 13.7 Å². The normalized spacial score (nSPS) is 15.2. The number of hydrogen-bond acceptors (Lipinski definition) is 4. The Morgan fingerprint density at radius 2 is 1.83 bits per heavy atom. The van der Waals surface area contributed by atoms with Crippen molar-refractivity contribution in [3.8, 4) is 0 Å². The molecule has 4 nitrogen and oxygen atoms in total. The van der Waals surface area contributed by atoms with E-state index in [4.69, 9.17) is 9.26 Å². The summed E-state index contributed by atoms with van der Waals surface area (Å²) in [6.07, 6.45) is 2.83. The average molecular weight is 340 g/mol. The minimum Gasteiger partial charge on any atom is -0.435 e. The molecule has 0 saturated heterocycles. The van der Waals surface area contributed by atoms with Crippen molar-refractivity contribution in [1.82, 2.24) is 0 Å². The van der Waals surface area contributed by atoms with E-state index in [0.29, 0.717) is 6.16 Å². The van der Waals surface area contributed by atoms with Crippen molar-refractivity contribution in [3.63, 3.8) is 0 Å². The predicted octanol–water partition coefficient (Wildman–Crippen LogP) is 4.87. The molecule has 5 heteroatoms. The van der Waals surface area contributed by atoms with Crippen LogP contribution in [-0.4, -0.2) is 25.1 Å². The lowest BCUT2D eigenvalue weighted by Crippen LogP contribution is -2.25. The van der Waals surface area contributed by atoms with Crippen LogP contribution < -0.4 is 0 Å². The maximum absolute atomic E-state index is 12.6. The lowest BCUT2D eigenvalue weighted by atomic mass is 10.1. The molecule has 0 saturated carbocycles. The van der Waals surface area contributed by atoms with Crippen LogP contribution in [0.15, 0.2) is 30.3 Å². The van der Waals surface area contributed by atoms with Crippen molar-refractivity contribution in [1.29, 1.82) is 0 Å². The van der Waals surface area contributed by atoms with Gasteiger partial charge >= 0.3 is 5.97 Å². The van der Waals surface area contributed by atoms with Gasteiger partial charge in [0.1, 0.15) is 0 Å². The van der Waals surface area contributed by atoms with Crippen LogP contribution in [-0.2, 0) is 25.0 Å². The molecule has 2 unspecified atom stereocenters. The molecule has 0 aromatic heterocycles. The molecule has 0 aliphatic heterocycles.